The van der Waals surface area contributed by atoms with Gasteiger partial charge in [0.1, 0.15) is 5.54 Å². The first-order valence-electron chi connectivity index (χ1n) is 10.6. The molecule has 3 fully saturated rings. The molecule has 0 bridgehead atoms. The number of nitrogens with one attached hydrogen (secondary N) is 1. The Kier molecular flexibility index (Phi) is 4.12. The van der Waals surface area contributed by atoms with Crippen LogP contribution in [0.25, 0.3) is 0 Å². The zero-order valence-corrected chi connectivity index (χ0v) is 17.8. The molecule has 0 saturated carbocycles. The average Bonchev–Trinajstić information content (AvgIpc) is 3.46. The molecular formula is C23H17ClF3N3O3. The van der Waals surface area contributed by atoms with Gasteiger partial charge in [-0.3, -0.25) is 19.3 Å². The highest BCUT2D eigenvalue weighted by Gasteiger charge is 2.74. The highest BCUT2D eigenvalue weighted by molar-refractivity contribution is 6.32. The van der Waals surface area contributed by atoms with Gasteiger partial charge >= 0.3 is 6.18 Å². The fraction of sp³-hybridized carbons (Fsp3) is 0.348. The van der Waals surface area contributed by atoms with Crippen LogP contribution in [0.3, 0.4) is 0 Å². The molecule has 4 aliphatic heterocycles. The topological polar surface area (TPSA) is 69.7 Å². The average molecular weight is 476 g/mol. The quantitative estimate of drug-likeness (QED) is 0.637. The third-order valence-corrected chi connectivity index (χ3v) is 7.74. The van der Waals surface area contributed by atoms with Gasteiger partial charge in [0.15, 0.2) is 0 Å². The predicted octanol–water partition coefficient (Wildman–Crippen LogP) is 3.79. The third-order valence-electron chi connectivity index (χ3n) is 7.41. The standard InChI is InChI=1S/C23H17ClF3N3O3/c24-14-8-7-11(10-13(14)23(25,26)27)30-19(31)17-16-6-3-9-29(16)22(18(17)20(30)32)12-4-1-2-5-15(12)28-21(22)33/h1-2,4-5,7-8,10,16-18H,3,6,9H2,(H,28,33)/t16-,17+,18+,22-/m0/s1. The van der Waals surface area contributed by atoms with Crippen molar-refractivity contribution in [2.75, 3.05) is 16.8 Å². The van der Waals surface area contributed by atoms with Gasteiger partial charge in [-0.1, -0.05) is 29.8 Å². The minimum absolute atomic E-state index is 0.192. The molecule has 170 valence electrons. The van der Waals surface area contributed by atoms with Crippen molar-refractivity contribution in [1.82, 2.24) is 4.90 Å². The smallest absolute Gasteiger partial charge is 0.324 e. The molecule has 3 amide bonds. The molecule has 1 spiro atoms. The van der Waals surface area contributed by atoms with Gasteiger partial charge in [-0.05, 0) is 43.7 Å². The largest absolute Gasteiger partial charge is 0.417 e. The van der Waals surface area contributed by atoms with Crippen molar-refractivity contribution in [3.8, 4) is 0 Å². The molecule has 4 heterocycles. The molecule has 0 unspecified atom stereocenters. The molecule has 0 aromatic heterocycles. The van der Waals surface area contributed by atoms with Crippen LogP contribution in [0.15, 0.2) is 42.5 Å². The maximum Gasteiger partial charge on any atom is 0.417 e. The normalized spacial score (nSPS) is 30.7. The van der Waals surface area contributed by atoms with Crippen LogP contribution < -0.4 is 10.2 Å². The number of carbonyl (C=O) groups excluding carboxylic acids is 3. The van der Waals surface area contributed by atoms with Crippen molar-refractivity contribution in [1.29, 1.82) is 0 Å². The number of imide groups is 1. The molecular weight excluding hydrogens is 459 g/mol. The number of anilines is 2. The second-order valence-electron chi connectivity index (χ2n) is 8.85. The number of rotatable bonds is 1. The van der Waals surface area contributed by atoms with Crippen molar-refractivity contribution in [3.63, 3.8) is 0 Å². The number of nitrogens with zero attached hydrogens (tertiary/aromatic N) is 2. The summed E-state index contributed by atoms with van der Waals surface area (Å²) in [6, 6.07) is 9.70. The SMILES string of the molecule is O=C1[C@@H]2[C@@H]3CCCN3[C@]3(C(=O)Nc4ccccc43)[C@H]2C(=O)N1c1ccc(Cl)c(C(F)(F)F)c1. The van der Waals surface area contributed by atoms with Gasteiger partial charge in [0, 0.05) is 17.3 Å². The highest BCUT2D eigenvalue weighted by Crippen LogP contribution is 2.60. The van der Waals surface area contributed by atoms with E-state index in [0.717, 1.165) is 23.5 Å². The Bertz CT molecular complexity index is 1250. The maximum atomic E-state index is 13.8. The lowest BCUT2D eigenvalue weighted by atomic mass is 9.75. The molecule has 4 atom stereocenters. The molecule has 6 nitrogen and oxygen atoms in total. The number of alkyl halides is 3. The predicted molar refractivity (Wildman–Crippen MR) is 112 cm³/mol. The number of fused-ring (bicyclic) bond motifs is 7. The molecule has 2 aromatic rings. The van der Waals surface area contributed by atoms with Crippen molar-refractivity contribution >= 4 is 40.7 Å². The number of hydrogen-bond acceptors (Lipinski definition) is 4. The van der Waals surface area contributed by atoms with E-state index in [1.165, 1.54) is 6.07 Å². The summed E-state index contributed by atoms with van der Waals surface area (Å²) in [5.74, 6) is -3.46. The monoisotopic (exact) mass is 475 g/mol. The van der Waals surface area contributed by atoms with E-state index in [9.17, 15) is 27.6 Å². The second-order valence-corrected chi connectivity index (χ2v) is 9.25. The van der Waals surface area contributed by atoms with Crippen LogP contribution in [0.1, 0.15) is 24.0 Å². The van der Waals surface area contributed by atoms with Gasteiger partial charge in [-0.15, -0.1) is 0 Å². The number of hydrogen-bond donors (Lipinski definition) is 1. The van der Waals surface area contributed by atoms with Gasteiger partial charge in [0.2, 0.25) is 17.7 Å². The molecule has 6 rings (SSSR count). The second kappa shape index (κ2) is 6.57. The molecule has 1 N–H and O–H groups in total. The molecule has 0 aliphatic carbocycles. The number of halogens is 4. The summed E-state index contributed by atoms with van der Waals surface area (Å²) in [5, 5.41) is 2.33. The number of benzene rings is 2. The maximum absolute atomic E-state index is 13.8. The summed E-state index contributed by atoms with van der Waals surface area (Å²) >= 11 is 5.73. The fourth-order valence-corrected chi connectivity index (χ4v) is 6.51. The molecule has 3 saturated heterocycles. The number of amides is 3. The zero-order chi connectivity index (χ0) is 23.3. The minimum atomic E-state index is -4.75. The van der Waals surface area contributed by atoms with Crippen molar-refractivity contribution in [2.45, 2.75) is 30.6 Å². The Labute approximate surface area is 191 Å². The van der Waals surface area contributed by atoms with E-state index in [-0.39, 0.29) is 17.6 Å². The minimum Gasteiger partial charge on any atom is -0.324 e. The first-order valence-corrected chi connectivity index (χ1v) is 11.0. The molecule has 10 heteroatoms. The summed E-state index contributed by atoms with van der Waals surface area (Å²) in [6.07, 6.45) is -3.37. The van der Waals surface area contributed by atoms with Crippen LogP contribution in [-0.4, -0.2) is 35.2 Å². The highest BCUT2D eigenvalue weighted by atomic mass is 35.5. The van der Waals surface area contributed by atoms with Crippen LogP contribution in [-0.2, 0) is 26.1 Å². The van der Waals surface area contributed by atoms with Gasteiger partial charge in [0.25, 0.3) is 0 Å². The molecule has 2 aromatic carbocycles. The van der Waals surface area contributed by atoms with E-state index in [1.807, 2.05) is 4.90 Å². The Morgan fingerprint density at radius 1 is 1.06 bits per heavy atom. The molecule has 4 aliphatic rings. The van der Waals surface area contributed by atoms with Crippen LogP contribution in [0.5, 0.6) is 0 Å². The van der Waals surface area contributed by atoms with Crippen molar-refractivity contribution in [2.24, 2.45) is 11.8 Å². The van der Waals surface area contributed by atoms with Gasteiger partial charge in [-0.25, -0.2) is 4.90 Å². The lowest BCUT2D eigenvalue weighted by Gasteiger charge is -2.36. The van der Waals surface area contributed by atoms with Gasteiger partial charge in [-0.2, -0.15) is 13.2 Å². The number of carbonyl (C=O) groups is 3. The Hall–Kier alpha value is -2.91. The van der Waals surface area contributed by atoms with E-state index in [4.69, 9.17) is 11.6 Å². The zero-order valence-electron chi connectivity index (χ0n) is 17.0. The summed E-state index contributed by atoms with van der Waals surface area (Å²) < 4.78 is 40.3. The van der Waals surface area contributed by atoms with Crippen LogP contribution >= 0.6 is 11.6 Å². The molecule has 33 heavy (non-hydrogen) atoms. The lowest BCUT2D eigenvalue weighted by Crippen LogP contribution is -2.54. The van der Waals surface area contributed by atoms with E-state index in [1.54, 1.807) is 24.3 Å². The van der Waals surface area contributed by atoms with E-state index in [0.29, 0.717) is 24.2 Å². The Morgan fingerprint density at radius 3 is 2.58 bits per heavy atom. The van der Waals surface area contributed by atoms with E-state index >= 15 is 0 Å². The van der Waals surface area contributed by atoms with Crippen molar-refractivity contribution in [3.05, 3.63) is 58.6 Å². The summed E-state index contributed by atoms with van der Waals surface area (Å²) in [7, 11) is 0. The van der Waals surface area contributed by atoms with E-state index in [2.05, 4.69) is 5.32 Å². The first kappa shape index (κ1) is 20.7. The van der Waals surface area contributed by atoms with Crippen LogP contribution in [0, 0.1) is 11.8 Å². The van der Waals surface area contributed by atoms with Crippen molar-refractivity contribution < 1.29 is 27.6 Å². The van der Waals surface area contributed by atoms with Crippen LogP contribution in [0.2, 0.25) is 5.02 Å². The van der Waals surface area contributed by atoms with Crippen LogP contribution in [0.4, 0.5) is 24.5 Å². The van der Waals surface area contributed by atoms with Gasteiger partial charge in [0.05, 0.1) is 28.1 Å². The summed E-state index contributed by atoms with van der Waals surface area (Å²) in [6.45, 7) is 0.555. The van der Waals surface area contributed by atoms with E-state index < -0.39 is 46.0 Å². The number of para-hydroxylation sites is 1. The Balaban J connectivity index is 1.52. The Morgan fingerprint density at radius 2 is 1.82 bits per heavy atom. The molecule has 0 radical (unpaired) electrons. The third kappa shape index (κ3) is 2.46. The summed E-state index contributed by atoms with van der Waals surface area (Å²) in [4.78, 5) is 43.6. The first-order chi connectivity index (χ1) is 15.7. The summed E-state index contributed by atoms with van der Waals surface area (Å²) in [5.41, 5.74) is -1.46. The fourth-order valence-electron chi connectivity index (χ4n) is 6.28. The van der Waals surface area contributed by atoms with Gasteiger partial charge < -0.3 is 5.32 Å². The lowest BCUT2D eigenvalue weighted by molar-refractivity contribution is -0.137.